The van der Waals surface area contributed by atoms with Gasteiger partial charge in [0.25, 0.3) is 0 Å². The first-order valence-corrected chi connectivity index (χ1v) is 8.49. The lowest BCUT2D eigenvalue weighted by Crippen LogP contribution is -2.00. The third-order valence-electron chi connectivity index (χ3n) is 4.36. The number of aromatic nitrogens is 2. The highest BCUT2D eigenvalue weighted by Crippen LogP contribution is 2.27. The van der Waals surface area contributed by atoms with E-state index >= 15 is 0 Å². The molecule has 0 aliphatic heterocycles. The first kappa shape index (κ1) is 16.7. The highest BCUT2D eigenvalue weighted by molar-refractivity contribution is 5.82. The molecular weight excluding hydrogens is 340 g/mol. The van der Waals surface area contributed by atoms with E-state index in [1.807, 2.05) is 42.5 Å². The predicted molar refractivity (Wildman–Crippen MR) is 107 cm³/mol. The van der Waals surface area contributed by atoms with Crippen LogP contribution in [0.25, 0.3) is 22.4 Å². The molecule has 0 unspecified atom stereocenters. The summed E-state index contributed by atoms with van der Waals surface area (Å²) < 4.78 is 1.50. The van der Waals surface area contributed by atoms with Crippen molar-refractivity contribution in [1.82, 2.24) is 9.71 Å². The Kier molecular flexibility index (Phi) is 4.22. The van der Waals surface area contributed by atoms with Crippen molar-refractivity contribution < 1.29 is 9.95 Å². The Balaban J connectivity index is 1.65. The molecule has 0 atom stereocenters. The van der Waals surface area contributed by atoms with E-state index in [1.165, 1.54) is 5.56 Å². The van der Waals surface area contributed by atoms with Crippen LogP contribution >= 0.6 is 0 Å². The summed E-state index contributed by atoms with van der Waals surface area (Å²) in [5, 5.41) is 25.3. The summed E-state index contributed by atoms with van der Waals surface area (Å²) in [7, 11) is 0. The highest BCUT2D eigenvalue weighted by Gasteiger charge is 2.14. The summed E-state index contributed by atoms with van der Waals surface area (Å²) in [6, 6.07) is 22.7. The number of rotatable bonds is 5. The molecule has 4 aromatic rings. The van der Waals surface area contributed by atoms with Crippen LogP contribution in [-0.2, 0) is 6.54 Å². The summed E-state index contributed by atoms with van der Waals surface area (Å²) in [4.78, 5) is 4.49. The second-order valence-electron chi connectivity index (χ2n) is 6.22. The van der Waals surface area contributed by atoms with Gasteiger partial charge >= 0.3 is 0 Å². The van der Waals surface area contributed by atoms with Crippen LogP contribution in [0.1, 0.15) is 5.56 Å². The fourth-order valence-corrected chi connectivity index (χ4v) is 2.96. The molecule has 1 aromatic heterocycles. The van der Waals surface area contributed by atoms with E-state index in [1.54, 1.807) is 18.2 Å². The number of fused-ring (bicyclic) bond motifs is 1. The minimum atomic E-state index is 0.350. The van der Waals surface area contributed by atoms with E-state index in [0.717, 1.165) is 16.0 Å². The van der Waals surface area contributed by atoms with Gasteiger partial charge in [0.15, 0.2) is 5.82 Å². The maximum Gasteiger partial charge on any atom is 0.218 e. The van der Waals surface area contributed by atoms with Gasteiger partial charge in [0.05, 0.1) is 5.52 Å². The summed E-state index contributed by atoms with van der Waals surface area (Å²) in [6.45, 7) is 4.03. The van der Waals surface area contributed by atoms with Gasteiger partial charge in [0, 0.05) is 29.9 Å². The van der Waals surface area contributed by atoms with E-state index in [2.05, 4.69) is 29.2 Å². The van der Waals surface area contributed by atoms with Crippen LogP contribution in [0, 0.1) is 5.21 Å². The van der Waals surface area contributed by atoms with Crippen molar-refractivity contribution in [2.24, 2.45) is 0 Å². The molecule has 134 valence electrons. The van der Waals surface area contributed by atoms with Crippen molar-refractivity contribution in [3.8, 4) is 11.4 Å². The molecule has 0 radical (unpaired) electrons. The topological polar surface area (TPSA) is 76.2 Å². The number of imidazole rings is 1. The van der Waals surface area contributed by atoms with Gasteiger partial charge < -0.3 is 15.7 Å². The van der Waals surface area contributed by atoms with Crippen molar-refractivity contribution in [3.63, 3.8) is 0 Å². The fraction of sp³-hybridized carbons (Fsp3) is 0.0476. The quantitative estimate of drug-likeness (QED) is 0.182. The van der Waals surface area contributed by atoms with Crippen LogP contribution in [0.5, 0.6) is 0 Å². The van der Waals surface area contributed by atoms with Gasteiger partial charge in [-0.2, -0.15) is 9.47 Å². The van der Waals surface area contributed by atoms with E-state index in [9.17, 15) is 10.4 Å². The molecule has 2 N–H and O–H groups in total. The van der Waals surface area contributed by atoms with Gasteiger partial charge in [-0.05, 0) is 23.8 Å². The van der Waals surface area contributed by atoms with Crippen LogP contribution in [0.2, 0.25) is 0 Å². The van der Waals surface area contributed by atoms with Crippen molar-refractivity contribution in [2.45, 2.75) is 6.54 Å². The second-order valence-corrected chi connectivity index (χ2v) is 6.22. The van der Waals surface area contributed by atoms with Crippen LogP contribution in [-0.4, -0.2) is 26.4 Å². The first-order valence-electron chi connectivity index (χ1n) is 8.49. The number of benzene rings is 3. The van der Waals surface area contributed by atoms with Crippen LogP contribution in [0.15, 0.2) is 72.8 Å². The molecule has 0 fully saturated rings. The Hall–Kier alpha value is -3.80. The Morgan fingerprint density at radius 3 is 2.63 bits per heavy atom. The normalized spacial score (nSPS) is 10.8. The summed E-state index contributed by atoms with van der Waals surface area (Å²) in [5.74, 6) is 0.409. The van der Waals surface area contributed by atoms with Crippen molar-refractivity contribution in [3.05, 3.63) is 83.6 Å². The molecule has 4 rings (SSSR count). The number of hydrogen-bond acceptors (Lipinski definition) is 4. The average Bonchev–Trinajstić information content (AvgIpc) is 3.03. The highest BCUT2D eigenvalue weighted by atomic mass is 16.5. The Morgan fingerprint density at radius 2 is 1.85 bits per heavy atom. The lowest BCUT2D eigenvalue weighted by molar-refractivity contribution is -0.349. The van der Waals surface area contributed by atoms with Crippen molar-refractivity contribution in [1.29, 1.82) is 0 Å². The fourth-order valence-electron chi connectivity index (χ4n) is 2.96. The van der Waals surface area contributed by atoms with Gasteiger partial charge in [0.2, 0.25) is 5.69 Å². The van der Waals surface area contributed by atoms with Crippen molar-refractivity contribution >= 4 is 29.1 Å². The zero-order valence-corrected chi connectivity index (χ0v) is 14.5. The summed E-state index contributed by atoms with van der Waals surface area (Å²) >= 11 is 0. The number of hydrogen-bond donors (Lipinski definition) is 2. The molecule has 27 heavy (non-hydrogen) atoms. The average molecular weight is 358 g/mol. The van der Waals surface area contributed by atoms with Crippen LogP contribution in [0.4, 0.5) is 11.4 Å². The largest absolute Gasteiger partial charge is 0.619 e. The van der Waals surface area contributed by atoms with Crippen LogP contribution in [0.3, 0.4) is 0 Å². The lowest BCUT2D eigenvalue weighted by atomic mass is 10.1. The lowest BCUT2D eigenvalue weighted by Gasteiger charge is -2.08. The molecular formula is C21H18N4O2. The van der Waals surface area contributed by atoms with Crippen LogP contribution < -0.4 is 5.32 Å². The molecule has 0 aliphatic rings. The monoisotopic (exact) mass is 358 g/mol. The second kappa shape index (κ2) is 6.84. The zero-order chi connectivity index (χ0) is 18.8. The SMILES string of the molecule is C=[N+]([O-])c1ccc2nc(-c3cccc(NCc4ccccc4)c3)n(O)c2c1. The van der Waals surface area contributed by atoms with Gasteiger partial charge in [-0.1, -0.05) is 42.5 Å². The first-order chi connectivity index (χ1) is 13.1. The minimum absolute atomic E-state index is 0.350. The summed E-state index contributed by atoms with van der Waals surface area (Å²) in [5.41, 5.74) is 4.27. The molecule has 0 bridgehead atoms. The Labute approximate surface area is 156 Å². The van der Waals surface area contributed by atoms with Gasteiger partial charge in [0.1, 0.15) is 12.2 Å². The Morgan fingerprint density at radius 1 is 1.04 bits per heavy atom. The molecule has 0 saturated carbocycles. The molecule has 1 heterocycles. The zero-order valence-electron chi connectivity index (χ0n) is 14.5. The van der Waals surface area contributed by atoms with E-state index in [0.29, 0.717) is 33.8 Å². The molecule has 0 aliphatic carbocycles. The third kappa shape index (κ3) is 3.32. The van der Waals surface area contributed by atoms with Gasteiger partial charge in [-0.3, -0.25) is 0 Å². The number of anilines is 1. The molecule has 3 aromatic carbocycles. The van der Waals surface area contributed by atoms with E-state index in [4.69, 9.17) is 0 Å². The molecule has 6 nitrogen and oxygen atoms in total. The molecule has 0 spiro atoms. The van der Waals surface area contributed by atoms with Crippen molar-refractivity contribution in [2.75, 3.05) is 5.32 Å². The van der Waals surface area contributed by atoms with Gasteiger partial charge in [-0.15, -0.1) is 0 Å². The maximum absolute atomic E-state index is 11.4. The standard InChI is InChI=1S/C21H18N4O2/c1-24(26)18-10-11-19-20(13-18)25(27)21(23-19)16-8-5-9-17(12-16)22-14-15-6-3-2-4-7-15/h2-13,22,27H,1,14H2. The number of nitrogens with one attached hydrogen (secondary N) is 1. The minimum Gasteiger partial charge on any atom is -0.619 e. The summed E-state index contributed by atoms with van der Waals surface area (Å²) in [6.07, 6.45) is 0. The van der Waals surface area contributed by atoms with Gasteiger partial charge in [-0.25, -0.2) is 4.98 Å². The predicted octanol–water partition coefficient (Wildman–Crippen LogP) is 4.40. The Bertz CT molecular complexity index is 1120. The van der Waals surface area contributed by atoms with E-state index < -0.39 is 0 Å². The maximum atomic E-state index is 11.4. The molecule has 0 saturated heterocycles. The molecule has 0 amide bonds. The van der Waals surface area contributed by atoms with E-state index in [-0.39, 0.29) is 0 Å². The number of nitrogens with zero attached hydrogens (tertiary/aromatic N) is 3. The molecule has 6 heteroatoms. The smallest absolute Gasteiger partial charge is 0.218 e. The third-order valence-corrected chi connectivity index (χ3v) is 4.36.